The monoisotopic (exact) mass is 409 g/mol. The molecule has 0 saturated carbocycles. The summed E-state index contributed by atoms with van der Waals surface area (Å²) in [5.74, 6) is -0.557. The van der Waals surface area contributed by atoms with Crippen molar-refractivity contribution in [2.45, 2.75) is 26.3 Å². The Morgan fingerprint density at radius 1 is 1.44 bits per heavy atom. The molecule has 1 unspecified atom stereocenters. The number of esters is 1. The molecule has 7 heteroatoms. The zero-order valence-corrected chi connectivity index (χ0v) is 15.7. The van der Waals surface area contributed by atoms with E-state index >= 15 is 0 Å². The zero-order valence-electron chi connectivity index (χ0n) is 14.1. The molecule has 6 nitrogen and oxygen atoms in total. The molecular weight excluding hydrogens is 388 g/mol. The summed E-state index contributed by atoms with van der Waals surface area (Å²) >= 11 is 3.47. The number of carbonyl (C=O) groups excluding carboxylic acids is 2. The van der Waals surface area contributed by atoms with Crippen LogP contribution >= 0.6 is 15.9 Å². The number of likely N-dealkylation sites (tertiary alicyclic amines) is 1. The smallest absolute Gasteiger partial charge is 0.374 e. The lowest BCUT2D eigenvalue weighted by molar-refractivity contribution is -0.920. The summed E-state index contributed by atoms with van der Waals surface area (Å²) in [7, 11) is 0. The third-order valence-electron chi connectivity index (χ3n) is 4.66. The third-order valence-corrected chi connectivity index (χ3v) is 5.15. The number of quaternary nitrogens is 1. The number of rotatable bonds is 5. The number of nitrogens with one attached hydrogen (secondary N) is 1. The largest absolute Gasteiger partial charge is 0.460 e. The molecule has 3 N–H and O–H groups in total. The number of furan rings is 1. The molecule has 2 heterocycles. The van der Waals surface area contributed by atoms with Crippen molar-refractivity contribution in [1.82, 2.24) is 0 Å². The molecule has 25 heavy (non-hydrogen) atoms. The summed E-state index contributed by atoms with van der Waals surface area (Å²) in [6, 6.07) is 5.66. The normalized spacial score (nSPS) is 20.6. The van der Waals surface area contributed by atoms with Crippen LogP contribution in [-0.4, -0.2) is 31.6 Å². The van der Waals surface area contributed by atoms with Gasteiger partial charge in [-0.25, -0.2) is 4.79 Å². The Kier molecular flexibility index (Phi) is 5.44. The van der Waals surface area contributed by atoms with E-state index in [1.807, 2.05) is 18.2 Å². The van der Waals surface area contributed by atoms with Crippen LogP contribution in [-0.2, 0) is 16.1 Å². The molecule has 2 aromatic rings. The maximum Gasteiger partial charge on any atom is 0.374 e. The van der Waals surface area contributed by atoms with Crippen LogP contribution < -0.4 is 10.6 Å². The molecule has 3 rings (SSSR count). The number of primary amides is 1. The lowest BCUT2D eigenvalue weighted by Gasteiger charge is -2.28. The Morgan fingerprint density at radius 2 is 2.24 bits per heavy atom. The molecule has 1 aliphatic heterocycles. The second-order valence-corrected chi connectivity index (χ2v) is 7.31. The van der Waals surface area contributed by atoms with Gasteiger partial charge in [-0.1, -0.05) is 15.9 Å². The van der Waals surface area contributed by atoms with Crippen LogP contribution in [0.15, 0.2) is 27.1 Å². The minimum Gasteiger partial charge on any atom is -0.460 e. The number of ether oxygens (including phenoxy) is 1. The van der Waals surface area contributed by atoms with Crippen LogP contribution in [0.1, 0.15) is 35.9 Å². The first-order chi connectivity index (χ1) is 12.0. The zero-order chi connectivity index (χ0) is 18.0. The molecule has 1 aromatic carbocycles. The summed E-state index contributed by atoms with van der Waals surface area (Å²) in [4.78, 5) is 25.1. The number of benzene rings is 1. The lowest BCUT2D eigenvalue weighted by atomic mass is 9.97. The molecule has 1 fully saturated rings. The summed E-state index contributed by atoms with van der Waals surface area (Å²) in [5.41, 5.74) is 6.96. The van der Waals surface area contributed by atoms with E-state index in [2.05, 4.69) is 15.9 Å². The van der Waals surface area contributed by atoms with E-state index in [9.17, 15) is 9.59 Å². The van der Waals surface area contributed by atoms with Crippen LogP contribution in [0.4, 0.5) is 0 Å². The van der Waals surface area contributed by atoms with Crippen molar-refractivity contribution in [3.63, 3.8) is 0 Å². The Hall–Kier alpha value is -1.86. The van der Waals surface area contributed by atoms with Gasteiger partial charge in [-0.05, 0) is 38.0 Å². The number of halogens is 1. The molecule has 2 atom stereocenters. The maximum atomic E-state index is 12.3. The van der Waals surface area contributed by atoms with Gasteiger partial charge in [-0.15, -0.1) is 0 Å². The Balaban J connectivity index is 1.95. The van der Waals surface area contributed by atoms with E-state index in [-0.39, 0.29) is 17.6 Å². The second-order valence-electron chi connectivity index (χ2n) is 6.39. The fourth-order valence-corrected chi connectivity index (χ4v) is 3.82. The average molecular weight is 410 g/mol. The van der Waals surface area contributed by atoms with E-state index in [1.54, 1.807) is 6.92 Å². The van der Waals surface area contributed by atoms with Gasteiger partial charge in [0.05, 0.1) is 31.2 Å². The first-order valence-corrected chi connectivity index (χ1v) is 9.29. The van der Waals surface area contributed by atoms with E-state index in [0.717, 1.165) is 34.8 Å². The van der Waals surface area contributed by atoms with Gasteiger partial charge in [0.15, 0.2) is 0 Å². The molecule has 0 radical (unpaired) electrons. The predicted molar refractivity (Wildman–Crippen MR) is 96.2 cm³/mol. The maximum absolute atomic E-state index is 12.3. The fraction of sp³-hybridized carbons (Fsp3) is 0.444. The molecule has 1 aliphatic rings. The van der Waals surface area contributed by atoms with Crippen LogP contribution in [0.3, 0.4) is 0 Å². The molecule has 0 aliphatic carbocycles. The number of hydrogen-bond donors (Lipinski definition) is 2. The molecular formula is C18H22BrN2O4+. The van der Waals surface area contributed by atoms with E-state index in [0.29, 0.717) is 25.3 Å². The lowest BCUT2D eigenvalue weighted by Crippen LogP contribution is -3.12. The fourth-order valence-electron chi connectivity index (χ4n) is 3.46. The number of nitrogens with two attached hydrogens (primary N) is 1. The van der Waals surface area contributed by atoms with Crippen LogP contribution in [0, 0.1) is 5.92 Å². The van der Waals surface area contributed by atoms with Gasteiger partial charge >= 0.3 is 5.97 Å². The molecule has 1 amide bonds. The molecule has 134 valence electrons. The molecule has 1 saturated heterocycles. The Bertz CT molecular complexity index is 802. The van der Waals surface area contributed by atoms with Gasteiger partial charge in [0.25, 0.3) is 0 Å². The summed E-state index contributed by atoms with van der Waals surface area (Å²) in [5, 5.41) is 0.895. The SMILES string of the molecule is CCOC(=O)c1oc2ccc(Br)cc2c1C[NH+]1CCC[C@H](C(N)=O)C1. The highest BCUT2D eigenvalue weighted by Crippen LogP contribution is 2.29. The Morgan fingerprint density at radius 3 is 2.96 bits per heavy atom. The number of carbonyl (C=O) groups is 2. The summed E-state index contributed by atoms with van der Waals surface area (Å²) in [6.07, 6.45) is 1.78. The van der Waals surface area contributed by atoms with Crippen LogP contribution in [0.5, 0.6) is 0 Å². The van der Waals surface area contributed by atoms with Gasteiger partial charge in [0, 0.05) is 9.86 Å². The van der Waals surface area contributed by atoms with Crippen LogP contribution in [0.25, 0.3) is 11.0 Å². The first-order valence-electron chi connectivity index (χ1n) is 8.50. The summed E-state index contributed by atoms with van der Waals surface area (Å²) < 4.78 is 11.9. The van der Waals surface area contributed by atoms with Crippen molar-refractivity contribution in [3.05, 3.63) is 34.0 Å². The molecule has 0 bridgehead atoms. The third kappa shape index (κ3) is 3.88. The van der Waals surface area contributed by atoms with E-state index in [4.69, 9.17) is 14.9 Å². The van der Waals surface area contributed by atoms with E-state index < -0.39 is 5.97 Å². The second kappa shape index (κ2) is 7.58. The standard InChI is InChI=1S/C18H21BrN2O4/c1-2-24-18(23)16-14(13-8-12(19)5-6-15(13)25-16)10-21-7-3-4-11(9-21)17(20)22/h5-6,8,11H,2-4,7,9-10H2,1H3,(H2,20,22)/p+1/t11-/m0/s1. The number of piperidine rings is 1. The molecule has 1 aromatic heterocycles. The van der Waals surface area contributed by atoms with Crippen molar-refractivity contribution in [2.24, 2.45) is 11.7 Å². The van der Waals surface area contributed by atoms with Crippen molar-refractivity contribution >= 4 is 38.8 Å². The summed E-state index contributed by atoms with van der Waals surface area (Å²) in [6.45, 7) is 4.27. The van der Waals surface area contributed by atoms with Crippen molar-refractivity contribution in [3.8, 4) is 0 Å². The topological polar surface area (TPSA) is 87.0 Å². The predicted octanol–water partition coefficient (Wildman–Crippen LogP) is 1.65. The van der Waals surface area contributed by atoms with Gasteiger partial charge in [0.1, 0.15) is 12.1 Å². The van der Waals surface area contributed by atoms with Gasteiger partial charge in [0.2, 0.25) is 11.7 Å². The average Bonchev–Trinajstić information content (AvgIpc) is 2.93. The van der Waals surface area contributed by atoms with Crippen molar-refractivity contribution in [2.75, 3.05) is 19.7 Å². The number of hydrogen-bond acceptors (Lipinski definition) is 4. The van der Waals surface area contributed by atoms with Crippen LogP contribution in [0.2, 0.25) is 0 Å². The highest BCUT2D eigenvalue weighted by Gasteiger charge is 2.30. The Labute approximate surface area is 154 Å². The molecule has 0 spiro atoms. The van der Waals surface area contributed by atoms with Gasteiger partial charge in [-0.3, -0.25) is 4.79 Å². The van der Waals surface area contributed by atoms with Gasteiger partial charge < -0.3 is 19.8 Å². The number of fused-ring (bicyclic) bond motifs is 1. The quantitative estimate of drug-likeness (QED) is 0.734. The first kappa shape index (κ1) is 17.9. The van der Waals surface area contributed by atoms with Crippen molar-refractivity contribution < 1.29 is 23.6 Å². The van der Waals surface area contributed by atoms with Gasteiger partial charge in [-0.2, -0.15) is 0 Å². The number of amides is 1. The minimum absolute atomic E-state index is 0.111. The van der Waals surface area contributed by atoms with Crippen molar-refractivity contribution in [1.29, 1.82) is 0 Å². The van der Waals surface area contributed by atoms with E-state index in [1.165, 1.54) is 4.90 Å². The highest BCUT2D eigenvalue weighted by molar-refractivity contribution is 9.10. The minimum atomic E-state index is -0.451. The highest BCUT2D eigenvalue weighted by atomic mass is 79.9.